The molecule has 2 aromatic carbocycles. The number of aromatic nitrogens is 1. The molecule has 0 saturated carbocycles. The maximum atomic E-state index is 12.2. The van der Waals surface area contributed by atoms with Gasteiger partial charge in [0.15, 0.2) is 0 Å². The molecule has 5 rings (SSSR count). The van der Waals surface area contributed by atoms with Gasteiger partial charge in [-0.25, -0.2) is 9.78 Å². The van der Waals surface area contributed by atoms with Crippen LogP contribution >= 0.6 is 0 Å². The van der Waals surface area contributed by atoms with Crippen molar-refractivity contribution in [3.8, 4) is 11.5 Å². The molecular weight excluding hydrogens is 390 g/mol. The van der Waals surface area contributed by atoms with Gasteiger partial charge in [0.25, 0.3) is 0 Å². The molecule has 0 unspecified atom stereocenters. The lowest BCUT2D eigenvalue weighted by molar-refractivity contribution is -0.0376. The second-order valence-electron chi connectivity index (χ2n) is 8.54. The Morgan fingerprint density at radius 1 is 1.10 bits per heavy atom. The van der Waals surface area contributed by atoms with Crippen molar-refractivity contribution in [1.29, 1.82) is 0 Å². The van der Waals surface area contributed by atoms with Crippen LogP contribution < -0.4 is 5.32 Å². The predicted octanol–water partition coefficient (Wildman–Crippen LogP) is 5.05. The van der Waals surface area contributed by atoms with Crippen molar-refractivity contribution >= 4 is 11.8 Å². The molecular formula is C25H27N3O3. The monoisotopic (exact) mass is 417 g/mol. The number of oxazole rings is 1. The first-order valence-electron chi connectivity index (χ1n) is 10.9. The van der Waals surface area contributed by atoms with E-state index in [1.807, 2.05) is 49.4 Å². The number of hydrogen-bond acceptors (Lipinski definition) is 5. The summed E-state index contributed by atoms with van der Waals surface area (Å²) in [6.45, 7) is 6.72. The van der Waals surface area contributed by atoms with E-state index < -0.39 is 5.60 Å². The van der Waals surface area contributed by atoms with Crippen LogP contribution in [0.3, 0.4) is 0 Å². The average molecular weight is 418 g/mol. The molecule has 1 spiro atoms. The summed E-state index contributed by atoms with van der Waals surface area (Å²) in [6.07, 6.45) is 2.08. The molecule has 6 heteroatoms. The van der Waals surface area contributed by atoms with Crippen molar-refractivity contribution in [3.63, 3.8) is 0 Å². The van der Waals surface area contributed by atoms with E-state index in [-0.39, 0.29) is 6.09 Å². The summed E-state index contributed by atoms with van der Waals surface area (Å²) in [7, 11) is 0. The van der Waals surface area contributed by atoms with Crippen LogP contribution in [0.1, 0.15) is 35.4 Å². The molecule has 31 heavy (non-hydrogen) atoms. The summed E-state index contributed by atoms with van der Waals surface area (Å²) in [5, 5.41) is 2.85. The quantitative estimate of drug-likeness (QED) is 0.643. The van der Waals surface area contributed by atoms with Gasteiger partial charge in [0.05, 0.1) is 11.4 Å². The molecule has 6 nitrogen and oxygen atoms in total. The maximum absolute atomic E-state index is 12.2. The lowest BCUT2D eigenvalue weighted by Crippen LogP contribution is -2.48. The standard InChI is InChI=1S/C25H27N3O3/c1-17-8-9-22-20(16-17)25(31-24(29)27-22)11-14-28(15-12-25)13-10-21-18(2)30-23(26-21)19-6-4-3-5-7-19/h3-9,16H,10-15H2,1-2H3,(H,27,29). The van der Waals surface area contributed by atoms with Gasteiger partial charge in [0.1, 0.15) is 11.4 Å². The molecule has 1 fully saturated rings. The van der Waals surface area contributed by atoms with E-state index in [0.29, 0.717) is 5.89 Å². The fourth-order valence-corrected chi connectivity index (χ4v) is 4.65. The number of aryl methyl sites for hydroxylation is 2. The fraction of sp³-hybridized carbons (Fsp3) is 0.360. The summed E-state index contributed by atoms with van der Waals surface area (Å²) in [5.74, 6) is 1.56. The minimum Gasteiger partial charge on any atom is -0.441 e. The molecule has 160 valence electrons. The Morgan fingerprint density at radius 3 is 2.65 bits per heavy atom. The molecule has 2 aliphatic rings. The van der Waals surface area contributed by atoms with Gasteiger partial charge < -0.3 is 14.1 Å². The molecule has 0 atom stereocenters. The Kier molecular flexibility index (Phi) is 5.02. The van der Waals surface area contributed by atoms with Crippen molar-refractivity contribution < 1.29 is 13.9 Å². The number of fused-ring (bicyclic) bond motifs is 2. The second kappa shape index (κ2) is 7.85. The van der Waals surface area contributed by atoms with Gasteiger partial charge in [-0.3, -0.25) is 5.32 Å². The highest BCUT2D eigenvalue weighted by Crippen LogP contribution is 2.43. The van der Waals surface area contributed by atoms with Gasteiger partial charge in [-0.2, -0.15) is 0 Å². The highest BCUT2D eigenvalue weighted by molar-refractivity contribution is 5.89. The van der Waals surface area contributed by atoms with E-state index in [9.17, 15) is 4.79 Å². The van der Waals surface area contributed by atoms with E-state index in [4.69, 9.17) is 14.1 Å². The zero-order valence-corrected chi connectivity index (χ0v) is 18.0. The molecule has 0 bridgehead atoms. The first-order chi connectivity index (χ1) is 15.0. The molecule has 1 N–H and O–H groups in total. The summed E-state index contributed by atoms with van der Waals surface area (Å²) >= 11 is 0. The molecule has 0 aliphatic carbocycles. The Morgan fingerprint density at radius 2 is 1.87 bits per heavy atom. The number of hydrogen-bond donors (Lipinski definition) is 1. The number of nitrogens with one attached hydrogen (secondary N) is 1. The number of nitrogens with zero attached hydrogens (tertiary/aromatic N) is 2. The van der Waals surface area contributed by atoms with Gasteiger partial charge in [0, 0.05) is 50.0 Å². The second-order valence-corrected chi connectivity index (χ2v) is 8.54. The van der Waals surface area contributed by atoms with E-state index in [2.05, 4.69) is 23.2 Å². The average Bonchev–Trinajstić information content (AvgIpc) is 3.15. The van der Waals surface area contributed by atoms with Crippen LogP contribution in [0.5, 0.6) is 0 Å². The van der Waals surface area contributed by atoms with Crippen LogP contribution in [0.2, 0.25) is 0 Å². The van der Waals surface area contributed by atoms with Crippen LogP contribution in [0.4, 0.5) is 10.5 Å². The number of rotatable bonds is 4. The van der Waals surface area contributed by atoms with Crippen LogP contribution in [0.15, 0.2) is 52.9 Å². The number of piperidine rings is 1. The van der Waals surface area contributed by atoms with Crippen LogP contribution in [-0.2, 0) is 16.8 Å². The molecule has 2 aliphatic heterocycles. The fourth-order valence-electron chi connectivity index (χ4n) is 4.65. The minimum absolute atomic E-state index is 0.350. The van der Waals surface area contributed by atoms with Crippen molar-refractivity contribution in [2.45, 2.75) is 38.7 Å². The molecule has 3 aromatic rings. The third-order valence-corrected chi connectivity index (χ3v) is 6.43. The predicted molar refractivity (Wildman–Crippen MR) is 119 cm³/mol. The Hall–Kier alpha value is -3.12. The molecule has 1 saturated heterocycles. The third kappa shape index (κ3) is 3.83. The number of ether oxygens (including phenoxy) is 1. The lowest BCUT2D eigenvalue weighted by Gasteiger charge is -2.44. The number of benzene rings is 2. The summed E-state index contributed by atoms with van der Waals surface area (Å²) < 4.78 is 11.8. The van der Waals surface area contributed by atoms with Gasteiger partial charge in [0.2, 0.25) is 5.89 Å². The van der Waals surface area contributed by atoms with Gasteiger partial charge in [-0.15, -0.1) is 0 Å². The van der Waals surface area contributed by atoms with Gasteiger partial charge in [-0.1, -0.05) is 29.8 Å². The zero-order chi connectivity index (χ0) is 21.4. The first-order valence-corrected chi connectivity index (χ1v) is 10.9. The highest BCUT2D eigenvalue weighted by atomic mass is 16.6. The zero-order valence-electron chi connectivity index (χ0n) is 18.0. The molecule has 3 heterocycles. The number of likely N-dealkylation sites (tertiary alicyclic amines) is 1. The van der Waals surface area contributed by atoms with E-state index >= 15 is 0 Å². The van der Waals surface area contributed by atoms with E-state index in [1.54, 1.807) is 0 Å². The minimum atomic E-state index is -0.523. The highest BCUT2D eigenvalue weighted by Gasteiger charge is 2.44. The summed E-state index contributed by atoms with van der Waals surface area (Å²) in [6, 6.07) is 16.2. The normalized spacial score (nSPS) is 17.8. The van der Waals surface area contributed by atoms with Crippen LogP contribution in [0, 0.1) is 13.8 Å². The number of carbonyl (C=O) groups excluding carboxylic acids is 1. The van der Waals surface area contributed by atoms with E-state index in [1.165, 1.54) is 5.56 Å². The van der Waals surface area contributed by atoms with Gasteiger partial charge >= 0.3 is 6.09 Å². The number of anilines is 1. The van der Waals surface area contributed by atoms with E-state index in [0.717, 1.165) is 67.2 Å². The smallest absolute Gasteiger partial charge is 0.412 e. The molecule has 0 radical (unpaired) electrons. The topological polar surface area (TPSA) is 67.6 Å². The Labute approximate surface area is 182 Å². The first kappa shape index (κ1) is 19.8. The Bertz CT molecular complexity index is 1100. The van der Waals surface area contributed by atoms with Crippen molar-refractivity contribution in [1.82, 2.24) is 9.88 Å². The van der Waals surface area contributed by atoms with Crippen LogP contribution in [-0.4, -0.2) is 35.6 Å². The third-order valence-electron chi connectivity index (χ3n) is 6.43. The van der Waals surface area contributed by atoms with Crippen molar-refractivity contribution in [2.24, 2.45) is 0 Å². The Balaban J connectivity index is 1.25. The van der Waals surface area contributed by atoms with Crippen LogP contribution in [0.25, 0.3) is 11.5 Å². The maximum Gasteiger partial charge on any atom is 0.412 e. The largest absolute Gasteiger partial charge is 0.441 e. The van der Waals surface area contributed by atoms with Crippen molar-refractivity contribution in [3.05, 3.63) is 71.1 Å². The summed E-state index contributed by atoms with van der Waals surface area (Å²) in [5.41, 5.74) is 4.64. The lowest BCUT2D eigenvalue weighted by atomic mass is 9.81. The van der Waals surface area contributed by atoms with Gasteiger partial charge in [-0.05, 0) is 38.1 Å². The number of amides is 1. The number of carbonyl (C=O) groups is 1. The molecule has 1 amide bonds. The van der Waals surface area contributed by atoms with Crippen molar-refractivity contribution in [2.75, 3.05) is 25.0 Å². The summed E-state index contributed by atoms with van der Waals surface area (Å²) in [4.78, 5) is 19.3. The SMILES string of the molecule is Cc1ccc2c(c1)C1(CCN(CCc3nc(-c4ccccc4)oc3C)CC1)OC(=O)N2. The molecule has 1 aromatic heterocycles.